The summed E-state index contributed by atoms with van der Waals surface area (Å²) in [4.78, 5) is 28.5. The lowest BCUT2D eigenvalue weighted by molar-refractivity contribution is -0.130. The van der Waals surface area contributed by atoms with Crippen molar-refractivity contribution in [3.8, 4) is 10.8 Å². The van der Waals surface area contributed by atoms with Crippen molar-refractivity contribution in [1.82, 2.24) is 4.98 Å². The number of carbonyl (C=O) groups is 2. The molecule has 1 fully saturated rings. The number of para-hydroxylation sites is 1. The summed E-state index contributed by atoms with van der Waals surface area (Å²) in [6.45, 7) is 0. The largest absolute Gasteiger partial charge is 0.449 e. The van der Waals surface area contributed by atoms with Crippen LogP contribution < -0.4 is 0 Å². The maximum atomic E-state index is 12.2. The number of carbonyl (C=O) groups excluding carboxylic acids is 2. The average Bonchev–Trinajstić information content (AvgIpc) is 3.23. The van der Waals surface area contributed by atoms with E-state index in [1.165, 1.54) is 11.3 Å². The van der Waals surface area contributed by atoms with Gasteiger partial charge in [-0.2, -0.15) is 0 Å². The minimum Gasteiger partial charge on any atom is -0.449 e. The predicted molar refractivity (Wildman–Crippen MR) is 90.0 cm³/mol. The van der Waals surface area contributed by atoms with Gasteiger partial charge < -0.3 is 9.15 Å². The minimum absolute atomic E-state index is 0.00690. The van der Waals surface area contributed by atoms with Crippen molar-refractivity contribution < 1.29 is 18.7 Å². The molecule has 24 heavy (non-hydrogen) atoms. The molecule has 2 aromatic heterocycles. The van der Waals surface area contributed by atoms with Gasteiger partial charge in [0.2, 0.25) is 5.76 Å². The van der Waals surface area contributed by atoms with Gasteiger partial charge in [0, 0.05) is 6.42 Å². The van der Waals surface area contributed by atoms with E-state index in [2.05, 4.69) is 4.98 Å². The first-order chi connectivity index (χ1) is 11.7. The summed E-state index contributed by atoms with van der Waals surface area (Å²) in [6, 6.07) is 11.1. The molecule has 0 radical (unpaired) electrons. The Labute approximate surface area is 142 Å². The molecular weight excluding hydrogens is 326 g/mol. The predicted octanol–water partition coefficient (Wildman–Crippen LogP) is 4.22. The van der Waals surface area contributed by atoms with Crippen molar-refractivity contribution >= 4 is 33.3 Å². The number of ketones is 1. The number of hydrogen-bond acceptors (Lipinski definition) is 6. The fraction of sp³-hybridized carbons (Fsp3) is 0.278. The smallest absolute Gasteiger partial charge is 0.374 e. The molecule has 3 aromatic rings. The van der Waals surface area contributed by atoms with Crippen LogP contribution >= 0.6 is 11.3 Å². The lowest BCUT2D eigenvalue weighted by atomic mass is 9.96. The second kappa shape index (κ2) is 6.20. The molecule has 0 N–H and O–H groups in total. The molecule has 0 spiro atoms. The van der Waals surface area contributed by atoms with Gasteiger partial charge in [0.1, 0.15) is 0 Å². The van der Waals surface area contributed by atoms with Gasteiger partial charge in [-0.05, 0) is 43.5 Å². The summed E-state index contributed by atoms with van der Waals surface area (Å²) in [6.07, 6.45) is 2.21. The Kier molecular flexibility index (Phi) is 3.90. The third-order valence-corrected chi connectivity index (χ3v) is 5.11. The van der Waals surface area contributed by atoms with E-state index in [1.54, 1.807) is 12.1 Å². The van der Waals surface area contributed by atoms with Crippen LogP contribution in [0.3, 0.4) is 0 Å². The van der Waals surface area contributed by atoms with E-state index in [4.69, 9.17) is 9.15 Å². The molecule has 2 heterocycles. The number of nitrogens with zero attached hydrogens (tertiary/aromatic N) is 1. The van der Waals surface area contributed by atoms with Crippen LogP contribution in [-0.2, 0) is 9.53 Å². The first kappa shape index (κ1) is 15.1. The number of thiazole rings is 1. The third-order valence-electron chi connectivity index (χ3n) is 4.06. The average molecular weight is 341 g/mol. The van der Waals surface area contributed by atoms with Crippen molar-refractivity contribution in [3.63, 3.8) is 0 Å². The fourth-order valence-corrected chi connectivity index (χ4v) is 3.73. The lowest BCUT2D eigenvalue weighted by Gasteiger charge is -2.19. The standard InChI is InChI=1S/C18H15NO4S/c20-12-6-2-3-7-13(12)23-18(21)15-10-9-14(22-15)17-19-11-5-1-4-8-16(11)24-17/h1,4-5,8-10,13H,2-3,6-7H2/t13-/m0/s1. The number of hydrogen-bond donors (Lipinski definition) is 0. The molecule has 1 saturated carbocycles. The zero-order valence-corrected chi connectivity index (χ0v) is 13.7. The molecule has 0 aliphatic heterocycles. The Bertz CT molecular complexity index is 878. The Balaban J connectivity index is 1.53. The molecule has 0 unspecified atom stereocenters. The van der Waals surface area contributed by atoms with Gasteiger partial charge in [-0.15, -0.1) is 11.3 Å². The third kappa shape index (κ3) is 2.85. The molecule has 4 rings (SSSR count). The van der Waals surface area contributed by atoms with Crippen molar-refractivity contribution in [1.29, 1.82) is 0 Å². The molecule has 1 aromatic carbocycles. The Morgan fingerprint density at radius 3 is 2.92 bits per heavy atom. The molecule has 1 atom stereocenters. The van der Waals surface area contributed by atoms with Crippen LogP contribution in [0.2, 0.25) is 0 Å². The Hall–Kier alpha value is -2.47. The Morgan fingerprint density at radius 1 is 1.21 bits per heavy atom. The second-order valence-electron chi connectivity index (χ2n) is 5.76. The van der Waals surface area contributed by atoms with Gasteiger partial charge in [0.05, 0.1) is 10.2 Å². The van der Waals surface area contributed by atoms with Crippen molar-refractivity contribution in [3.05, 3.63) is 42.2 Å². The number of esters is 1. The molecule has 5 nitrogen and oxygen atoms in total. The van der Waals surface area contributed by atoms with E-state index in [-0.39, 0.29) is 11.5 Å². The summed E-state index contributed by atoms with van der Waals surface area (Å²) >= 11 is 1.50. The number of rotatable bonds is 3. The van der Waals surface area contributed by atoms with Crippen molar-refractivity contribution in [2.45, 2.75) is 31.8 Å². The first-order valence-corrected chi connectivity index (χ1v) is 8.72. The highest BCUT2D eigenvalue weighted by atomic mass is 32.1. The van der Waals surface area contributed by atoms with Gasteiger partial charge in [0.15, 0.2) is 22.7 Å². The fourth-order valence-electron chi connectivity index (χ4n) is 2.80. The first-order valence-electron chi connectivity index (χ1n) is 7.90. The number of fused-ring (bicyclic) bond motifs is 1. The van der Waals surface area contributed by atoms with E-state index >= 15 is 0 Å². The normalized spacial score (nSPS) is 18.0. The second-order valence-corrected chi connectivity index (χ2v) is 6.79. The molecule has 122 valence electrons. The SMILES string of the molecule is O=C(O[C@H]1CCCCC1=O)c1ccc(-c2nc3ccccc3s2)o1. The summed E-state index contributed by atoms with van der Waals surface area (Å²) in [5.41, 5.74) is 0.894. The molecular formula is C18H15NO4S. The molecule has 0 saturated heterocycles. The van der Waals surface area contributed by atoms with Crippen LogP contribution in [0.5, 0.6) is 0 Å². The number of ether oxygens (including phenoxy) is 1. The molecule has 0 bridgehead atoms. The van der Waals surface area contributed by atoms with Crippen LogP contribution in [0.1, 0.15) is 36.2 Å². The van der Waals surface area contributed by atoms with Gasteiger partial charge in [-0.25, -0.2) is 9.78 Å². The van der Waals surface area contributed by atoms with E-state index in [1.807, 2.05) is 24.3 Å². The maximum absolute atomic E-state index is 12.2. The van der Waals surface area contributed by atoms with E-state index in [0.717, 1.165) is 23.1 Å². The molecule has 1 aliphatic carbocycles. The van der Waals surface area contributed by atoms with Crippen LogP contribution in [0.15, 0.2) is 40.8 Å². The summed E-state index contributed by atoms with van der Waals surface area (Å²) in [7, 11) is 0. The highest BCUT2D eigenvalue weighted by Crippen LogP contribution is 2.31. The topological polar surface area (TPSA) is 69.4 Å². The summed E-state index contributed by atoms with van der Waals surface area (Å²) < 4.78 is 12.0. The van der Waals surface area contributed by atoms with E-state index < -0.39 is 12.1 Å². The minimum atomic E-state index is -0.637. The maximum Gasteiger partial charge on any atom is 0.374 e. The zero-order chi connectivity index (χ0) is 16.5. The van der Waals surface area contributed by atoms with Gasteiger partial charge in [-0.1, -0.05) is 12.1 Å². The van der Waals surface area contributed by atoms with Gasteiger partial charge >= 0.3 is 5.97 Å². The monoisotopic (exact) mass is 341 g/mol. The Morgan fingerprint density at radius 2 is 2.08 bits per heavy atom. The van der Waals surface area contributed by atoms with Gasteiger partial charge in [0.25, 0.3) is 0 Å². The quantitative estimate of drug-likeness (QED) is 0.667. The van der Waals surface area contributed by atoms with Crippen molar-refractivity contribution in [2.24, 2.45) is 0 Å². The molecule has 6 heteroatoms. The number of aromatic nitrogens is 1. The summed E-state index contributed by atoms with van der Waals surface area (Å²) in [5.74, 6) is 0.0240. The summed E-state index contributed by atoms with van der Waals surface area (Å²) in [5, 5.41) is 0.712. The van der Waals surface area contributed by atoms with E-state index in [9.17, 15) is 9.59 Å². The highest BCUT2D eigenvalue weighted by Gasteiger charge is 2.27. The van der Waals surface area contributed by atoms with Crippen molar-refractivity contribution in [2.75, 3.05) is 0 Å². The van der Waals surface area contributed by atoms with Crippen LogP contribution in [-0.4, -0.2) is 22.8 Å². The number of benzene rings is 1. The highest BCUT2D eigenvalue weighted by molar-refractivity contribution is 7.21. The lowest BCUT2D eigenvalue weighted by Crippen LogP contribution is -2.30. The number of furan rings is 1. The molecule has 1 aliphatic rings. The van der Waals surface area contributed by atoms with Crippen LogP contribution in [0, 0.1) is 0 Å². The van der Waals surface area contributed by atoms with Crippen LogP contribution in [0.4, 0.5) is 0 Å². The van der Waals surface area contributed by atoms with Gasteiger partial charge in [-0.3, -0.25) is 4.79 Å². The molecule has 0 amide bonds. The van der Waals surface area contributed by atoms with E-state index in [0.29, 0.717) is 23.6 Å². The number of Topliss-reactive ketones (excluding diaryl/α,β-unsaturated/α-hetero) is 1. The van der Waals surface area contributed by atoms with Crippen LogP contribution in [0.25, 0.3) is 21.0 Å². The zero-order valence-electron chi connectivity index (χ0n) is 12.9.